The summed E-state index contributed by atoms with van der Waals surface area (Å²) in [7, 11) is 0. The molecule has 0 bridgehead atoms. The third kappa shape index (κ3) is 2.44. The number of anilines is 1. The molecule has 1 aromatic heterocycles. The molecule has 1 aliphatic rings. The third-order valence-electron chi connectivity index (χ3n) is 3.91. The number of halogens is 1. The standard InChI is InChI=1S/C17H15BrN2O/c18-13-5-3-4-12(10-13)17-19-15-11-14(6-7-16(15)21-17)20-8-1-2-9-20/h3-7,10-11H,1-2,8-9H2. The number of hydrogen-bond donors (Lipinski definition) is 0. The third-order valence-corrected chi connectivity index (χ3v) is 4.41. The lowest BCUT2D eigenvalue weighted by atomic mass is 10.2. The molecule has 0 spiro atoms. The number of oxazole rings is 1. The average Bonchev–Trinajstić information content (AvgIpc) is 3.16. The Morgan fingerprint density at radius 3 is 2.71 bits per heavy atom. The molecule has 1 saturated heterocycles. The lowest BCUT2D eigenvalue weighted by molar-refractivity contribution is 0.620. The highest BCUT2D eigenvalue weighted by atomic mass is 79.9. The van der Waals surface area contributed by atoms with Crippen LogP contribution in [-0.4, -0.2) is 18.1 Å². The summed E-state index contributed by atoms with van der Waals surface area (Å²) in [6.07, 6.45) is 2.56. The van der Waals surface area contributed by atoms with Gasteiger partial charge in [-0.05, 0) is 49.2 Å². The minimum Gasteiger partial charge on any atom is -0.436 e. The van der Waals surface area contributed by atoms with Crippen molar-refractivity contribution in [3.05, 3.63) is 46.9 Å². The monoisotopic (exact) mass is 342 g/mol. The van der Waals surface area contributed by atoms with E-state index < -0.39 is 0 Å². The number of nitrogens with zero attached hydrogens (tertiary/aromatic N) is 2. The van der Waals surface area contributed by atoms with Crippen molar-refractivity contribution in [2.24, 2.45) is 0 Å². The quantitative estimate of drug-likeness (QED) is 0.666. The molecule has 1 aliphatic heterocycles. The summed E-state index contributed by atoms with van der Waals surface area (Å²) in [5.74, 6) is 0.671. The Bertz CT molecular complexity index is 790. The van der Waals surface area contributed by atoms with Gasteiger partial charge in [0.25, 0.3) is 0 Å². The molecule has 3 aromatic rings. The minimum absolute atomic E-state index is 0.671. The van der Waals surface area contributed by atoms with E-state index >= 15 is 0 Å². The van der Waals surface area contributed by atoms with Crippen LogP contribution in [-0.2, 0) is 0 Å². The highest BCUT2D eigenvalue weighted by Crippen LogP contribution is 2.29. The van der Waals surface area contributed by atoms with Gasteiger partial charge in [-0.3, -0.25) is 0 Å². The van der Waals surface area contributed by atoms with E-state index in [0.29, 0.717) is 5.89 Å². The van der Waals surface area contributed by atoms with Crippen molar-refractivity contribution in [1.29, 1.82) is 0 Å². The fraction of sp³-hybridized carbons (Fsp3) is 0.235. The van der Waals surface area contributed by atoms with Gasteiger partial charge in [0.05, 0.1) is 0 Å². The van der Waals surface area contributed by atoms with Crippen LogP contribution in [0.15, 0.2) is 51.4 Å². The maximum atomic E-state index is 5.88. The van der Waals surface area contributed by atoms with Gasteiger partial charge in [-0.2, -0.15) is 0 Å². The molecular weight excluding hydrogens is 328 g/mol. The Balaban J connectivity index is 1.75. The fourth-order valence-electron chi connectivity index (χ4n) is 2.83. The summed E-state index contributed by atoms with van der Waals surface area (Å²) in [4.78, 5) is 7.05. The van der Waals surface area contributed by atoms with Crippen molar-refractivity contribution in [3.8, 4) is 11.5 Å². The zero-order chi connectivity index (χ0) is 14.2. The molecule has 0 N–H and O–H groups in total. The molecule has 0 radical (unpaired) electrons. The summed E-state index contributed by atoms with van der Waals surface area (Å²) in [6, 6.07) is 14.3. The maximum absolute atomic E-state index is 5.88. The molecule has 1 fully saturated rings. The second-order valence-electron chi connectivity index (χ2n) is 5.38. The van der Waals surface area contributed by atoms with E-state index in [4.69, 9.17) is 4.42 Å². The predicted molar refractivity (Wildman–Crippen MR) is 88.6 cm³/mol. The van der Waals surface area contributed by atoms with Gasteiger partial charge in [0.2, 0.25) is 5.89 Å². The van der Waals surface area contributed by atoms with Gasteiger partial charge in [-0.1, -0.05) is 22.0 Å². The van der Waals surface area contributed by atoms with E-state index in [1.165, 1.54) is 18.5 Å². The van der Waals surface area contributed by atoms with Crippen molar-refractivity contribution in [1.82, 2.24) is 4.98 Å². The van der Waals surface area contributed by atoms with Gasteiger partial charge < -0.3 is 9.32 Å². The zero-order valence-electron chi connectivity index (χ0n) is 11.6. The number of aromatic nitrogens is 1. The highest BCUT2D eigenvalue weighted by molar-refractivity contribution is 9.10. The molecular formula is C17H15BrN2O. The molecule has 0 amide bonds. The molecule has 0 aliphatic carbocycles. The van der Waals surface area contributed by atoms with E-state index in [9.17, 15) is 0 Å². The van der Waals surface area contributed by atoms with Crippen molar-refractivity contribution in [2.75, 3.05) is 18.0 Å². The molecule has 21 heavy (non-hydrogen) atoms. The molecule has 4 rings (SSSR count). The van der Waals surface area contributed by atoms with Crippen LogP contribution in [0, 0.1) is 0 Å². The van der Waals surface area contributed by atoms with Crippen LogP contribution in [0.25, 0.3) is 22.6 Å². The zero-order valence-corrected chi connectivity index (χ0v) is 13.1. The van der Waals surface area contributed by atoms with Crippen molar-refractivity contribution in [2.45, 2.75) is 12.8 Å². The molecule has 0 saturated carbocycles. The van der Waals surface area contributed by atoms with E-state index in [-0.39, 0.29) is 0 Å². The highest BCUT2D eigenvalue weighted by Gasteiger charge is 2.14. The number of hydrogen-bond acceptors (Lipinski definition) is 3. The van der Waals surface area contributed by atoms with Crippen molar-refractivity contribution < 1.29 is 4.42 Å². The first-order valence-electron chi connectivity index (χ1n) is 7.21. The predicted octanol–water partition coefficient (Wildman–Crippen LogP) is 4.86. The first-order valence-corrected chi connectivity index (χ1v) is 8.00. The summed E-state index contributed by atoms with van der Waals surface area (Å²) in [5, 5.41) is 0. The smallest absolute Gasteiger partial charge is 0.227 e. The Hall–Kier alpha value is -1.81. The molecule has 2 heterocycles. The molecule has 0 atom stereocenters. The Kier molecular flexibility index (Phi) is 3.19. The number of benzene rings is 2. The summed E-state index contributed by atoms with van der Waals surface area (Å²) >= 11 is 3.48. The fourth-order valence-corrected chi connectivity index (χ4v) is 3.23. The molecule has 4 heteroatoms. The first kappa shape index (κ1) is 12.9. The van der Waals surface area contributed by atoms with Crippen LogP contribution in [0.4, 0.5) is 5.69 Å². The summed E-state index contributed by atoms with van der Waals surface area (Å²) < 4.78 is 6.90. The van der Waals surface area contributed by atoms with Crippen LogP contribution in [0.2, 0.25) is 0 Å². The van der Waals surface area contributed by atoms with Gasteiger partial charge in [0.15, 0.2) is 5.58 Å². The van der Waals surface area contributed by atoms with Crippen LogP contribution in [0.1, 0.15) is 12.8 Å². The Labute approximate surface area is 131 Å². The largest absolute Gasteiger partial charge is 0.436 e. The summed E-state index contributed by atoms with van der Waals surface area (Å²) in [5.41, 5.74) is 4.00. The maximum Gasteiger partial charge on any atom is 0.227 e. The Morgan fingerprint density at radius 1 is 1.05 bits per heavy atom. The van der Waals surface area contributed by atoms with Crippen LogP contribution >= 0.6 is 15.9 Å². The van der Waals surface area contributed by atoms with E-state index in [1.807, 2.05) is 30.3 Å². The van der Waals surface area contributed by atoms with Gasteiger partial charge >= 0.3 is 0 Å². The molecule has 106 valence electrons. The molecule has 2 aromatic carbocycles. The van der Waals surface area contributed by atoms with Crippen LogP contribution in [0.3, 0.4) is 0 Å². The van der Waals surface area contributed by atoms with Gasteiger partial charge in [0, 0.05) is 28.8 Å². The first-order chi connectivity index (χ1) is 10.3. The average molecular weight is 343 g/mol. The van der Waals surface area contributed by atoms with E-state index in [1.54, 1.807) is 0 Å². The van der Waals surface area contributed by atoms with E-state index in [0.717, 1.165) is 34.2 Å². The van der Waals surface area contributed by atoms with Crippen molar-refractivity contribution >= 4 is 32.7 Å². The SMILES string of the molecule is Brc1cccc(-c2nc3cc(N4CCCC4)ccc3o2)c1. The van der Waals surface area contributed by atoms with Gasteiger partial charge in [-0.25, -0.2) is 4.98 Å². The van der Waals surface area contributed by atoms with E-state index in [2.05, 4.69) is 37.9 Å². The Morgan fingerprint density at radius 2 is 1.90 bits per heavy atom. The molecule has 3 nitrogen and oxygen atoms in total. The lowest BCUT2D eigenvalue weighted by Gasteiger charge is -2.16. The minimum atomic E-state index is 0.671. The van der Waals surface area contributed by atoms with Crippen molar-refractivity contribution in [3.63, 3.8) is 0 Å². The topological polar surface area (TPSA) is 29.3 Å². The van der Waals surface area contributed by atoms with Crippen LogP contribution < -0.4 is 4.90 Å². The number of fused-ring (bicyclic) bond motifs is 1. The van der Waals surface area contributed by atoms with Crippen LogP contribution in [0.5, 0.6) is 0 Å². The second kappa shape index (κ2) is 5.19. The molecule has 0 unspecified atom stereocenters. The van der Waals surface area contributed by atoms with Gasteiger partial charge in [-0.15, -0.1) is 0 Å². The number of rotatable bonds is 2. The lowest BCUT2D eigenvalue weighted by Crippen LogP contribution is -2.17. The second-order valence-corrected chi connectivity index (χ2v) is 6.29. The summed E-state index contributed by atoms with van der Waals surface area (Å²) in [6.45, 7) is 2.28. The normalized spacial score (nSPS) is 15.0. The van der Waals surface area contributed by atoms with Gasteiger partial charge in [0.1, 0.15) is 5.52 Å².